The second-order valence-corrected chi connectivity index (χ2v) is 6.26. The summed E-state index contributed by atoms with van der Waals surface area (Å²) < 4.78 is 1.86. The third-order valence-electron chi connectivity index (χ3n) is 4.32. The quantitative estimate of drug-likeness (QED) is 0.862. The van der Waals surface area contributed by atoms with Gasteiger partial charge in [-0.2, -0.15) is 5.10 Å². The van der Waals surface area contributed by atoms with Gasteiger partial charge in [-0.25, -0.2) is 4.79 Å². The Morgan fingerprint density at radius 2 is 2.04 bits per heavy atom. The van der Waals surface area contributed by atoms with Crippen molar-refractivity contribution >= 4 is 11.9 Å². The van der Waals surface area contributed by atoms with Gasteiger partial charge in [0.05, 0.1) is 6.54 Å². The Labute approximate surface area is 147 Å². The predicted octanol–water partition coefficient (Wildman–Crippen LogP) is 1.35. The zero-order valence-corrected chi connectivity index (χ0v) is 14.3. The number of nitrogens with one attached hydrogen (secondary N) is 2. The number of nitrogens with zero attached hydrogens (tertiary/aromatic N) is 3. The van der Waals surface area contributed by atoms with Gasteiger partial charge in [-0.1, -0.05) is 24.3 Å². The first-order valence-electron chi connectivity index (χ1n) is 8.46. The van der Waals surface area contributed by atoms with E-state index in [0.29, 0.717) is 26.2 Å². The van der Waals surface area contributed by atoms with Crippen molar-refractivity contribution in [3.63, 3.8) is 0 Å². The normalized spacial score (nSPS) is 16.7. The molecular weight excluding hydrogens is 318 g/mol. The van der Waals surface area contributed by atoms with Crippen molar-refractivity contribution < 1.29 is 9.59 Å². The van der Waals surface area contributed by atoms with Crippen LogP contribution in [0.2, 0.25) is 0 Å². The maximum Gasteiger partial charge on any atom is 0.317 e. The summed E-state index contributed by atoms with van der Waals surface area (Å²) in [6.45, 7) is 3.86. The standard InChI is InChI=1S/C18H23N5O2/c1-14(24)21-17-7-10-22(13-17)18(25)19-11-15-5-2-3-6-16(15)12-23-9-4-8-20-23/h2-6,8-9,17H,7,10-13H2,1H3,(H,19,25)(H,21,24)/t17-/m0/s1. The Morgan fingerprint density at radius 1 is 1.24 bits per heavy atom. The van der Waals surface area contributed by atoms with Crippen LogP contribution in [0.25, 0.3) is 0 Å². The summed E-state index contributed by atoms with van der Waals surface area (Å²) in [6, 6.07) is 9.87. The molecule has 1 aromatic carbocycles. The van der Waals surface area contributed by atoms with E-state index < -0.39 is 0 Å². The molecule has 2 N–H and O–H groups in total. The molecule has 2 heterocycles. The number of carbonyl (C=O) groups is 2. The first-order chi connectivity index (χ1) is 12.1. The van der Waals surface area contributed by atoms with E-state index in [1.54, 1.807) is 11.1 Å². The molecule has 1 aromatic heterocycles. The molecule has 1 saturated heterocycles. The summed E-state index contributed by atoms with van der Waals surface area (Å²) in [6.07, 6.45) is 4.47. The van der Waals surface area contributed by atoms with Crippen LogP contribution < -0.4 is 10.6 Å². The van der Waals surface area contributed by atoms with E-state index in [-0.39, 0.29) is 18.0 Å². The lowest BCUT2D eigenvalue weighted by atomic mass is 10.1. The fourth-order valence-electron chi connectivity index (χ4n) is 3.09. The molecule has 2 aromatic rings. The summed E-state index contributed by atoms with van der Waals surface area (Å²) in [4.78, 5) is 25.2. The molecule has 132 valence electrons. The molecule has 25 heavy (non-hydrogen) atoms. The number of benzene rings is 1. The summed E-state index contributed by atoms with van der Waals surface area (Å²) in [5, 5.41) is 10.1. The minimum absolute atomic E-state index is 0.0513. The van der Waals surface area contributed by atoms with E-state index in [9.17, 15) is 9.59 Å². The Bertz CT molecular complexity index is 729. The summed E-state index contributed by atoms with van der Waals surface area (Å²) in [7, 11) is 0. The molecule has 0 unspecified atom stereocenters. The van der Waals surface area contributed by atoms with E-state index in [4.69, 9.17) is 0 Å². The molecule has 0 aliphatic carbocycles. The highest BCUT2D eigenvalue weighted by molar-refractivity contribution is 5.75. The van der Waals surface area contributed by atoms with Gasteiger partial charge >= 0.3 is 6.03 Å². The van der Waals surface area contributed by atoms with Crippen LogP contribution in [0.5, 0.6) is 0 Å². The number of amides is 3. The summed E-state index contributed by atoms with van der Waals surface area (Å²) in [5.74, 6) is -0.0557. The van der Waals surface area contributed by atoms with Crippen molar-refractivity contribution in [2.75, 3.05) is 13.1 Å². The lowest BCUT2D eigenvalue weighted by Gasteiger charge is -2.18. The molecule has 3 rings (SSSR count). The van der Waals surface area contributed by atoms with Gasteiger partial charge in [0, 0.05) is 45.0 Å². The van der Waals surface area contributed by atoms with Gasteiger partial charge in [-0.15, -0.1) is 0 Å². The summed E-state index contributed by atoms with van der Waals surface area (Å²) in [5.41, 5.74) is 2.20. The van der Waals surface area contributed by atoms with Crippen molar-refractivity contribution in [2.24, 2.45) is 0 Å². The smallest absolute Gasteiger partial charge is 0.317 e. The van der Waals surface area contributed by atoms with Gasteiger partial charge in [0.25, 0.3) is 0 Å². The Balaban J connectivity index is 1.55. The lowest BCUT2D eigenvalue weighted by molar-refractivity contribution is -0.119. The second-order valence-electron chi connectivity index (χ2n) is 6.26. The molecule has 7 nitrogen and oxygen atoms in total. The monoisotopic (exact) mass is 341 g/mol. The van der Waals surface area contributed by atoms with Gasteiger partial charge in [-0.3, -0.25) is 9.48 Å². The molecule has 3 amide bonds. The van der Waals surface area contributed by atoms with E-state index >= 15 is 0 Å². The third kappa shape index (κ3) is 4.59. The van der Waals surface area contributed by atoms with Crippen LogP contribution in [-0.4, -0.2) is 45.8 Å². The SMILES string of the molecule is CC(=O)N[C@H]1CCN(C(=O)NCc2ccccc2Cn2cccn2)C1. The average Bonchev–Trinajstić information content (AvgIpc) is 3.25. The maximum absolute atomic E-state index is 12.4. The Morgan fingerprint density at radius 3 is 2.76 bits per heavy atom. The number of hydrogen-bond donors (Lipinski definition) is 2. The Kier molecular flexibility index (Phi) is 5.33. The minimum Gasteiger partial charge on any atom is -0.352 e. The van der Waals surface area contributed by atoms with E-state index in [2.05, 4.69) is 15.7 Å². The predicted molar refractivity (Wildman–Crippen MR) is 93.8 cm³/mol. The number of carbonyl (C=O) groups excluding carboxylic acids is 2. The van der Waals surface area contributed by atoms with Gasteiger partial charge < -0.3 is 15.5 Å². The van der Waals surface area contributed by atoms with Crippen LogP contribution in [0.4, 0.5) is 4.79 Å². The molecule has 1 aliphatic heterocycles. The zero-order valence-electron chi connectivity index (χ0n) is 14.3. The largest absolute Gasteiger partial charge is 0.352 e. The molecule has 1 fully saturated rings. The first kappa shape index (κ1) is 17.0. The third-order valence-corrected chi connectivity index (χ3v) is 4.32. The van der Waals surface area contributed by atoms with Crippen LogP contribution in [0.15, 0.2) is 42.7 Å². The van der Waals surface area contributed by atoms with Crippen LogP contribution >= 0.6 is 0 Å². The van der Waals surface area contributed by atoms with Crippen LogP contribution in [0.1, 0.15) is 24.5 Å². The van der Waals surface area contributed by atoms with Crippen molar-refractivity contribution in [1.82, 2.24) is 25.3 Å². The highest BCUT2D eigenvalue weighted by Gasteiger charge is 2.26. The molecule has 1 atom stereocenters. The molecule has 1 aliphatic rings. The molecule has 0 radical (unpaired) electrons. The van der Waals surface area contributed by atoms with E-state index in [1.807, 2.05) is 41.2 Å². The fraction of sp³-hybridized carbons (Fsp3) is 0.389. The molecule has 0 saturated carbocycles. The van der Waals surface area contributed by atoms with E-state index in [0.717, 1.165) is 17.5 Å². The van der Waals surface area contributed by atoms with Crippen molar-refractivity contribution in [3.8, 4) is 0 Å². The maximum atomic E-state index is 12.4. The number of aromatic nitrogens is 2. The van der Waals surface area contributed by atoms with Crippen LogP contribution in [0.3, 0.4) is 0 Å². The van der Waals surface area contributed by atoms with Gasteiger partial charge in [0.2, 0.25) is 5.91 Å². The molecule has 0 bridgehead atoms. The number of hydrogen-bond acceptors (Lipinski definition) is 3. The molecule has 0 spiro atoms. The lowest BCUT2D eigenvalue weighted by Crippen LogP contribution is -2.41. The van der Waals surface area contributed by atoms with Crippen molar-refractivity contribution in [2.45, 2.75) is 32.5 Å². The van der Waals surface area contributed by atoms with E-state index in [1.165, 1.54) is 6.92 Å². The summed E-state index contributed by atoms with van der Waals surface area (Å²) >= 11 is 0. The number of urea groups is 1. The topological polar surface area (TPSA) is 79.3 Å². The molecule has 7 heteroatoms. The fourth-order valence-corrected chi connectivity index (χ4v) is 3.09. The van der Waals surface area contributed by atoms with Gasteiger partial charge in [-0.05, 0) is 23.6 Å². The second kappa shape index (κ2) is 7.83. The first-order valence-corrected chi connectivity index (χ1v) is 8.46. The highest BCUT2D eigenvalue weighted by atomic mass is 16.2. The van der Waals surface area contributed by atoms with Crippen molar-refractivity contribution in [3.05, 3.63) is 53.9 Å². The van der Waals surface area contributed by atoms with Gasteiger partial charge in [0.15, 0.2) is 0 Å². The number of likely N-dealkylation sites (tertiary alicyclic amines) is 1. The molecular formula is C18H23N5O2. The van der Waals surface area contributed by atoms with Gasteiger partial charge in [0.1, 0.15) is 0 Å². The minimum atomic E-state index is -0.0956. The van der Waals surface area contributed by atoms with Crippen LogP contribution in [0, 0.1) is 0 Å². The average molecular weight is 341 g/mol. The van der Waals surface area contributed by atoms with Crippen molar-refractivity contribution in [1.29, 1.82) is 0 Å². The van der Waals surface area contributed by atoms with Crippen LogP contribution in [-0.2, 0) is 17.9 Å². The zero-order chi connectivity index (χ0) is 17.6. The highest BCUT2D eigenvalue weighted by Crippen LogP contribution is 2.12. The number of rotatable bonds is 5. The Hall–Kier alpha value is -2.83.